The summed E-state index contributed by atoms with van der Waals surface area (Å²) in [6, 6.07) is 0. The predicted molar refractivity (Wildman–Crippen MR) is 38.9 cm³/mol. The molecular weight excluding hydrogens is 196 g/mol. The van der Waals surface area contributed by atoms with Crippen LogP contribution in [0.2, 0.25) is 0 Å². The van der Waals surface area contributed by atoms with Gasteiger partial charge in [-0.1, -0.05) is 0 Å². The molecule has 0 rings (SSSR count). The first-order valence-corrected chi connectivity index (χ1v) is 6.80. The molecule has 0 radical (unpaired) electrons. The molecule has 0 aliphatic rings. The van der Waals surface area contributed by atoms with E-state index >= 15 is 0 Å². The maximum absolute atomic E-state index is 4.97. The molecule has 0 nitrogen and oxygen atoms in total. The maximum atomic E-state index is 4.97. The summed E-state index contributed by atoms with van der Waals surface area (Å²) in [7, 11) is 0. The van der Waals surface area contributed by atoms with Gasteiger partial charge >= 0.3 is 79.2 Å². The van der Waals surface area contributed by atoms with E-state index in [1.807, 2.05) is 0 Å². The van der Waals surface area contributed by atoms with E-state index in [0.29, 0.717) is 0 Å². The molecule has 0 aromatic rings. The second-order valence-electron chi connectivity index (χ2n) is 0.429. The Hall–Kier alpha value is 2.59. The third-order valence-corrected chi connectivity index (χ3v) is 0. The van der Waals surface area contributed by atoms with E-state index in [-0.39, 0.29) is 29.6 Å². The van der Waals surface area contributed by atoms with Crippen molar-refractivity contribution in [2.45, 2.75) is 0 Å². The molecule has 0 saturated heterocycles. The van der Waals surface area contributed by atoms with Crippen molar-refractivity contribution in [3.8, 4) is 0 Å². The van der Waals surface area contributed by atoms with E-state index in [2.05, 4.69) is 0 Å². The van der Waals surface area contributed by atoms with Gasteiger partial charge in [-0.05, 0) is 0 Å². The van der Waals surface area contributed by atoms with Crippen LogP contribution in [0.4, 0.5) is 0 Å². The minimum absolute atomic E-state index is 0. The van der Waals surface area contributed by atoms with Gasteiger partial charge in [0.2, 0.25) is 0 Å². The summed E-state index contributed by atoms with van der Waals surface area (Å²) in [4.78, 5) is 0. The molecule has 0 aliphatic carbocycles. The molecular formula is H2Cl4NaP. The molecule has 0 spiro atoms. The molecule has 0 aromatic carbocycles. The van der Waals surface area contributed by atoms with Crippen LogP contribution in [0.5, 0.6) is 0 Å². The SMILES string of the molecule is Cl[PH](Cl)(Cl)Cl.[NaH]. The van der Waals surface area contributed by atoms with Gasteiger partial charge in [0.05, 0.1) is 0 Å². The van der Waals surface area contributed by atoms with Crippen LogP contribution in [-0.4, -0.2) is 29.6 Å². The van der Waals surface area contributed by atoms with Crippen LogP contribution in [0, 0.1) is 0 Å². The van der Waals surface area contributed by atoms with Crippen LogP contribution in [0.15, 0.2) is 0 Å². The molecule has 0 N–H and O–H groups in total. The van der Waals surface area contributed by atoms with E-state index in [1.54, 1.807) is 0 Å². The summed E-state index contributed by atoms with van der Waals surface area (Å²) >= 11 is 19.9. The van der Waals surface area contributed by atoms with Crippen molar-refractivity contribution in [2.24, 2.45) is 0 Å². The third-order valence-electron chi connectivity index (χ3n) is 0. The average Bonchev–Trinajstić information content (AvgIpc) is 0.722. The molecule has 0 bridgehead atoms. The second-order valence-corrected chi connectivity index (χ2v) is 11.6. The molecule has 0 saturated carbocycles. The first-order valence-electron chi connectivity index (χ1n) is 0.756. The summed E-state index contributed by atoms with van der Waals surface area (Å²) in [5.41, 5.74) is 0. The topological polar surface area (TPSA) is 0 Å². The van der Waals surface area contributed by atoms with Crippen molar-refractivity contribution >= 4 is 79.2 Å². The first kappa shape index (κ1) is 11.4. The average molecular weight is 198 g/mol. The fourth-order valence-electron chi connectivity index (χ4n) is 0. The normalized spacial score (nSPS) is 12.7. The van der Waals surface area contributed by atoms with Gasteiger partial charge in [-0.2, -0.15) is 0 Å². The van der Waals surface area contributed by atoms with Gasteiger partial charge in [-0.15, -0.1) is 0 Å². The monoisotopic (exact) mass is 196 g/mol. The van der Waals surface area contributed by atoms with Gasteiger partial charge in [0, 0.05) is 0 Å². The van der Waals surface area contributed by atoms with Gasteiger partial charge in [-0.3, -0.25) is 0 Å². The molecule has 0 atom stereocenters. The van der Waals surface area contributed by atoms with Gasteiger partial charge in [0.15, 0.2) is 0 Å². The summed E-state index contributed by atoms with van der Waals surface area (Å²) in [5, 5.41) is 0. The van der Waals surface area contributed by atoms with Crippen LogP contribution in [-0.2, 0) is 0 Å². The number of rotatable bonds is 0. The predicted octanol–water partition coefficient (Wildman–Crippen LogP) is 2.70. The van der Waals surface area contributed by atoms with Gasteiger partial charge in [0.1, 0.15) is 0 Å². The zero-order valence-electron chi connectivity index (χ0n) is 2.01. The summed E-state index contributed by atoms with van der Waals surface area (Å²) < 4.78 is -2.72. The van der Waals surface area contributed by atoms with Gasteiger partial charge in [0.25, 0.3) is 0 Å². The molecule has 0 aromatic heterocycles. The Morgan fingerprint density at radius 1 is 0.833 bits per heavy atom. The molecule has 0 unspecified atom stereocenters. The number of hydrogen-bond donors (Lipinski definition) is 0. The molecule has 0 heterocycles. The Bertz CT molecular complexity index is 23.0. The summed E-state index contributed by atoms with van der Waals surface area (Å²) in [6.45, 7) is 0. The van der Waals surface area contributed by atoms with E-state index in [1.165, 1.54) is 0 Å². The van der Waals surface area contributed by atoms with Crippen molar-refractivity contribution in [2.75, 3.05) is 0 Å². The van der Waals surface area contributed by atoms with Crippen molar-refractivity contribution < 1.29 is 0 Å². The molecule has 0 amide bonds. The van der Waals surface area contributed by atoms with Crippen LogP contribution < -0.4 is 0 Å². The third kappa shape index (κ3) is 30.7. The molecule has 6 heteroatoms. The molecule has 0 fully saturated rings. The molecule has 0 aliphatic heterocycles. The van der Waals surface area contributed by atoms with Gasteiger partial charge < -0.3 is 0 Å². The number of hydrogen-bond acceptors (Lipinski definition) is 0. The van der Waals surface area contributed by atoms with E-state index in [9.17, 15) is 0 Å². The van der Waals surface area contributed by atoms with E-state index < -0.39 is 4.67 Å². The van der Waals surface area contributed by atoms with Crippen LogP contribution in [0.3, 0.4) is 0 Å². The van der Waals surface area contributed by atoms with Crippen LogP contribution in [0.1, 0.15) is 0 Å². The van der Waals surface area contributed by atoms with E-state index in [0.717, 1.165) is 0 Å². The molecule has 36 valence electrons. The van der Waals surface area contributed by atoms with Crippen molar-refractivity contribution in [3.05, 3.63) is 0 Å². The Kier molecular flexibility index (Phi) is 8.48. The fourth-order valence-corrected chi connectivity index (χ4v) is 0. The molecule has 6 heavy (non-hydrogen) atoms. The first-order chi connectivity index (χ1) is 2.00. The number of halogens is 4. The zero-order valence-corrected chi connectivity index (χ0v) is 6.04. The quantitative estimate of drug-likeness (QED) is 0.414. The van der Waals surface area contributed by atoms with Crippen molar-refractivity contribution in [3.63, 3.8) is 0 Å². The summed E-state index contributed by atoms with van der Waals surface area (Å²) in [6.07, 6.45) is 0. The Morgan fingerprint density at radius 2 is 0.833 bits per heavy atom. The fraction of sp³-hybridized carbons (Fsp3) is 0. The van der Waals surface area contributed by atoms with E-state index in [4.69, 9.17) is 45.0 Å². The standard InChI is InChI=1S/Cl4HP.Na.H/c1-5(2,3)4;;/h5H;;. The van der Waals surface area contributed by atoms with Crippen LogP contribution >= 0.6 is 49.6 Å². The Balaban J connectivity index is 0. The second kappa shape index (κ2) is 4.47. The summed E-state index contributed by atoms with van der Waals surface area (Å²) in [5.74, 6) is 0. The minimum atomic E-state index is -2.72. The van der Waals surface area contributed by atoms with Gasteiger partial charge in [-0.25, -0.2) is 0 Å². The van der Waals surface area contributed by atoms with Crippen LogP contribution in [0.25, 0.3) is 0 Å². The zero-order chi connectivity index (χ0) is 4.50. The Labute approximate surface area is 78.3 Å². The Morgan fingerprint density at radius 3 is 0.833 bits per heavy atom. The van der Waals surface area contributed by atoms with Crippen molar-refractivity contribution in [1.82, 2.24) is 0 Å². The van der Waals surface area contributed by atoms with Crippen molar-refractivity contribution in [1.29, 1.82) is 0 Å².